The molecule has 0 aliphatic carbocycles. The average molecular weight is 257 g/mol. The second-order valence-corrected chi connectivity index (χ2v) is 5.11. The van der Waals surface area contributed by atoms with Crippen molar-refractivity contribution in [3.8, 4) is 0 Å². The number of hydrogen-bond acceptors (Lipinski definition) is 2. The van der Waals surface area contributed by atoms with Gasteiger partial charge in [0.15, 0.2) is 0 Å². The van der Waals surface area contributed by atoms with Gasteiger partial charge in [-0.3, -0.25) is 4.68 Å². The Kier molecular flexibility index (Phi) is 4.05. The third kappa shape index (κ3) is 2.71. The van der Waals surface area contributed by atoms with Crippen LogP contribution in [-0.2, 0) is 7.05 Å². The first-order valence-corrected chi connectivity index (χ1v) is 6.84. The van der Waals surface area contributed by atoms with Crippen LogP contribution in [0.4, 0.5) is 0 Å². The van der Waals surface area contributed by atoms with Crippen LogP contribution < -0.4 is 5.32 Å². The minimum Gasteiger partial charge on any atom is -0.305 e. The number of aryl methyl sites for hydroxylation is 3. The molecule has 3 nitrogen and oxygen atoms in total. The standard InChI is InChI=1S/C16H23N3/c1-6-17-16(15-10-12(3)18-19(15)5)14-9-7-8-11(2)13(14)4/h7-10,16-17H,6H2,1-5H3. The number of rotatable bonds is 4. The summed E-state index contributed by atoms with van der Waals surface area (Å²) in [6, 6.07) is 8.87. The van der Waals surface area contributed by atoms with E-state index in [4.69, 9.17) is 0 Å². The Balaban J connectivity index is 2.51. The van der Waals surface area contributed by atoms with Gasteiger partial charge in [0.2, 0.25) is 0 Å². The second-order valence-electron chi connectivity index (χ2n) is 5.11. The number of nitrogens with zero attached hydrogens (tertiary/aromatic N) is 2. The molecule has 19 heavy (non-hydrogen) atoms. The first-order chi connectivity index (χ1) is 9.04. The van der Waals surface area contributed by atoms with Crippen LogP contribution in [0.25, 0.3) is 0 Å². The van der Waals surface area contributed by atoms with Crippen LogP contribution in [0.1, 0.15) is 41.0 Å². The first-order valence-electron chi connectivity index (χ1n) is 6.84. The van der Waals surface area contributed by atoms with Crippen molar-refractivity contribution in [1.29, 1.82) is 0 Å². The molecule has 0 bridgehead atoms. The van der Waals surface area contributed by atoms with E-state index < -0.39 is 0 Å². The lowest BCUT2D eigenvalue weighted by molar-refractivity contribution is 0.569. The molecule has 2 rings (SSSR count). The lowest BCUT2D eigenvalue weighted by Gasteiger charge is -2.21. The summed E-state index contributed by atoms with van der Waals surface area (Å²) in [6.07, 6.45) is 0. The van der Waals surface area contributed by atoms with Gasteiger partial charge in [0, 0.05) is 7.05 Å². The molecule has 0 radical (unpaired) electrons. The summed E-state index contributed by atoms with van der Waals surface area (Å²) < 4.78 is 1.98. The predicted molar refractivity (Wildman–Crippen MR) is 79.4 cm³/mol. The van der Waals surface area contributed by atoms with Gasteiger partial charge in [-0.05, 0) is 50.1 Å². The third-order valence-corrected chi connectivity index (χ3v) is 3.70. The van der Waals surface area contributed by atoms with E-state index >= 15 is 0 Å². The smallest absolute Gasteiger partial charge is 0.0750 e. The van der Waals surface area contributed by atoms with Gasteiger partial charge in [-0.25, -0.2) is 0 Å². The van der Waals surface area contributed by atoms with Crippen molar-refractivity contribution in [1.82, 2.24) is 15.1 Å². The zero-order valence-electron chi connectivity index (χ0n) is 12.5. The molecule has 1 aromatic heterocycles. The molecule has 1 unspecified atom stereocenters. The highest BCUT2D eigenvalue weighted by Crippen LogP contribution is 2.26. The number of benzene rings is 1. The molecule has 1 aromatic carbocycles. The summed E-state index contributed by atoms with van der Waals surface area (Å²) in [5.74, 6) is 0. The SMILES string of the molecule is CCNC(c1cccc(C)c1C)c1cc(C)nn1C. The largest absolute Gasteiger partial charge is 0.305 e. The summed E-state index contributed by atoms with van der Waals surface area (Å²) in [4.78, 5) is 0. The predicted octanol–water partition coefficient (Wildman–Crippen LogP) is 3.04. The average Bonchev–Trinajstić information content (AvgIpc) is 2.69. The summed E-state index contributed by atoms with van der Waals surface area (Å²) >= 11 is 0. The molecule has 0 saturated carbocycles. The quantitative estimate of drug-likeness (QED) is 0.912. The Hall–Kier alpha value is -1.61. The summed E-state index contributed by atoms with van der Waals surface area (Å²) in [5.41, 5.74) is 6.30. The molecule has 2 aromatic rings. The van der Waals surface area contributed by atoms with E-state index in [-0.39, 0.29) is 6.04 Å². The van der Waals surface area contributed by atoms with Gasteiger partial charge in [-0.15, -0.1) is 0 Å². The minimum absolute atomic E-state index is 0.205. The molecule has 0 fully saturated rings. The van der Waals surface area contributed by atoms with Crippen molar-refractivity contribution < 1.29 is 0 Å². The van der Waals surface area contributed by atoms with Crippen LogP contribution >= 0.6 is 0 Å². The highest BCUT2D eigenvalue weighted by molar-refractivity contribution is 5.39. The molecule has 102 valence electrons. The van der Waals surface area contributed by atoms with Gasteiger partial charge >= 0.3 is 0 Å². The van der Waals surface area contributed by atoms with E-state index in [2.05, 4.69) is 55.5 Å². The highest BCUT2D eigenvalue weighted by atomic mass is 15.3. The number of aromatic nitrogens is 2. The molecule has 1 heterocycles. The molecule has 0 amide bonds. The normalized spacial score (nSPS) is 12.7. The van der Waals surface area contributed by atoms with Crippen LogP contribution in [-0.4, -0.2) is 16.3 Å². The first kappa shape index (κ1) is 13.8. The van der Waals surface area contributed by atoms with Crippen molar-refractivity contribution in [2.75, 3.05) is 6.54 Å². The molecular weight excluding hydrogens is 234 g/mol. The summed E-state index contributed by atoms with van der Waals surface area (Å²) in [5, 5.41) is 8.05. The van der Waals surface area contributed by atoms with E-state index in [1.54, 1.807) is 0 Å². The van der Waals surface area contributed by atoms with Crippen molar-refractivity contribution in [2.45, 2.75) is 33.7 Å². The lowest BCUT2D eigenvalue weighted by atomic mass is 9.95. The van der Waals surface area contributed by atoms with Crippen molar-refractivity contribution in [2.24, 2.45) is 7.05 Å². The van der Waals surface area contributed by atoms with Gasteiger partial charge < -0.3 is 5.32 Å². The fourth-order valence-electron chi connectivity index (χ4n) is 2.57. The molecule has 3 heteroatoms. The topological polar surface area (TPSA) is 29.9 Å². The highest BCUT2D eigenvalue weighted by Gasteiger charge is 2.19. The summed E-state index contributed by atoms with van der Waals surface area (Å²) in [7, 11) is 2.01. The molecule has 0 spiro atoms. The van der Waals surface area contributed by atoms with Crippen LogP contribution in [0.2, 0.25) is 0 Å². The number of nitrogens with one attached hydrogen (secondary N) is 1. The maximum Gasteiger partial charge on any atom is 0.0750 e. The maximum absolute atomic E-state index is 4.47. The fraction of sp³-hybridized carbons (Fsp3) is 0.438. The summed E-state index contributed by atoms with van der Waals surface area (Å²) in [6.45, 7) is 9.47. The van der Waals surface area contributed by atoms with Crippen molar-refractivity contribution in [3.63, 3.8) is 0 Å². The third-order valence-electron chi connectivity index (χ3n) is 3.70. The lowest BCUT2D eigenvalue weighted by Crippen LogP contribution is -2.25. The second kappa shape index (κ2) is 5.57. The molecule has 1 atom stereocenters. The van der Waals surface area contributed by atoms with E-state index in [0.29, 0.717) is 0 Å². The molecule has 0 aliphatic heterocycles. The minimum atomic E-state index is 0.205. The number of hydrogen-bond donors (Lipinski definition) is 1. The van der Waals surface area contributed by atoms with Gasteiger partial charge in [-0.2, -0.15) is 5.10 Å². The maximum atomic E-state index is 4.47. The Bertz CT molecular complexity index is 569. The molecule has 0 aliphatic rings. The van der Waals surface area contributed by atoms with E-state index in [0.717, 1.165) is 12.2 Å². The van der Waals surface area contributed by atoms with E-state index in [1.165, 1.54) is 22.4 Å². The van der Waals surface area contributed by atoms with E-state index in [1.807, 2.05) is 18.7 Å². The van der Waals surface area contributed by atoms with Gasteiger partial charge in [0.05, 0.1) is 17.4 Å². The Labute approximate surface area is 115 Å². The zero-order chi connectivity index (χ0) is 14.0. The zero-order valence-corrected chi connectivity index (χ0v) is 12.5. The Morgan fingerprint density at radius 2 is 2.00 bits per heavy atom. The van der Waals surface area contributed by atoms with E-state index in [9.17, 15) is 0 Å². The van der Waals surface area contributed by atoms with Crippen molar-refractivity contribution >= 4 is 0 Å². The fourth-order valence-corrected chi connectivity index (χ4v) is 2.57. The van der Waals surface area contributed by atoms with Crippen LogP contribution in [0.3, 0.4) is 0 Å². The Morgan fingerprint density at radius 1 is 1.26 bits per heavy atom. The van der Waals surface area contributed by atoms with Crippen LogP contribution in [0.5, 0.6) is 0 Å². The van der Waals surface area contributed by atoms with Gasteiger partial charge in [-0.1, -0.05) is 25.1 Å². The Morgan fingerprint density at radius 3 is 2.58 bits per heavy atom. The van der Waals surface area contributed by atoms with Crippen molar-refractivity contribution in [3.05, 3.63) is 52.3 Å². The molecular formula is C16H23N3. The molecule has 1 N–H and O–H groups in total. The monoisotopic (exact) mass is 257 g/mol. The van der Waals surface area contributed by atoms with Crippen LogP contribution in [0.15, 0.2) is 24.3 Å². The van der Waals surface area contributed by atoms with Crippen LogP contribution in [0, 0.1) is 20.8 Å². The van der Waals surface area contributed by atoms with Gasteiger partial charge in [0.25, 0.3) is 0 Å². The molecule has 0 saturated heterocycles. The van der Waals surface area contributed by atoms with Gasteiger partial charge in [0.1, 0.15) is 0 Å².